The molecular formula is C12H21N3OS. The highest BCUT2D eigenvalue weighted by atomic mass is 32.2. The van der Waals surface area contributed by atoms with E-state index in [-0.39, 0.29) is 10.7 Å². The molecule has 0 bridgehead atoms. The van der Waals surface area contributed by atoms with Gasteiger partial charge in [0, 0.05) is 30.3 Å². The summed E-state index contributed by atoms with van der Waals surface area (Å²) in [5.74, 6) is 0.888. The minimum absolute atomic E-state index is 0.0369. The van der Waals surface area contributed by atoms with Crippen LogP contribution in [0.1, 0.15) is 36.8 Å². The zero-order valence-corrected chi connectivity index (χ0v) is 12.0. The molecule has 1 aromatic rings. The minimum Gasteiger partial charge on any atom is -0.351 e. The second kappa shape index (κ2) is 5.58. The van der Waals surface area contributed by atoms with Gasteiger partial charge in [0.2, 0.25) is 0 Å². The molecule has 0 saturated carbocycles. The predicted molar refractivity (Wildman–Crippen MR) is 72.5 cm³/mol. The van der Waals surface area contributed by atoms with Crippen LogP contribution in [0.4, 0.5) is 0 Å². The fourth-order valence-corrected chi connectivity index (χ4v) is 2.26. The van der Waals surface area contributed by atoms with Gasteiger partial charge in [-0.1, -0.05) is 20.8 Å². The van der Waals surface area contributed by atoms with E-state index in [2.05, 4.69) is 31.2 Å². The quantitative estimate of drug-likeness (QED) is 0.837. The number of carbonyl (C=O) groups is 1. The van der Waals surface area contributed by atoms with Crippen molar-refractivity contribution in [3.05, 3.63) is 17.5 Å². The SMILES string of the molecule is Cc1nn(C)cc1C(=O)NCCSC(C)(C)C. The van der Waals surface area contributed by atoms with Crippen LogP contribution in [0.3, 0.4) is 0 Å². The summed E-state index contributed by atoms with van der Waals surface area (Å²) in [4.78, 5) is 11.8. The summed E-state index contributed by atoms with van der Waals surface area (Å²) in [6.07, 6.45) is 1.75. The Morgan fingerprint density at radius 1 is 1.53 bits per heavy atom. The van der Waals surface area contributed by atoms with Gasteiger partial charge in [-0.3, -0.25) is 9.48 Å². The first-order valence-corrected chi connectivity index (χ1v) is 6.70. The Morgan fingerprint density at radius 3 is 2.65 bits per heavy atom. The molecular weight excluding hydrogens is 234 g/mol. The molecule has 0 fully saturated rings. The number of nitrogens with zero attached hydrogens (tertiary/aromatic N) is 2. The topological polar surface area (TPSA) is 46.9 Å². The van der Waals surface area contributed by atoms with E-state index in [0.717, 1.165) is 11.4 Å². The molecule has 96 valence electrons. The lowest BCUT2D eigenvalue weighted by molar-refractivity contribution is 0.0955. The molecule has 1 heterocycles. The maximum absolute atomic E-state index is 11.8. The van der Waals surface area contributed by atoms with Gasteiger partial charge >= 0.3 is 0 Å². The zero-order valence-electron chi connectivity index (χ0n) is 11.2. The van der Waals surface area contributed by atoms with Gasteiger partial charge in [0.05, 0.1) is 11.3 Å². The van der Waals surface area contributed by atoms with E-state index in [0.29, 0.717) is 12.1 Å². The van der Waals surface area contributed by atoms with Crippen LogP contribution in [-0.2, 0) is 7.05 Å². The highest BCUT2D eigenvalue weighted by Crippen LogP contribution is 2.22. The Morgan fingerprint density at radius 2 is 2.18 bits per heavy atom. The first kappa shape index (κ1) is 14.1. The van der Waals surface area contributed by atoms with E-state index in [1.165, 1.54) is 0 Å². The number of aryl methyl sites for hydroxylation is 2. The van der Waals surface area contributed by atoms with Crippen molar-refractivity contribution >= 4 is 17.7 Å². The van der Waals surface area contributed by atoms with Gasteiger partial charge in [0.15, 0.2) is 0 Å². The second-order valence-corrected chi connectivity index (χ2v) is 6.94. The number of thioether (sulfide) groups is 1. The first-order chi connectivity index (χ1) is 7.79. The minimum atomic E-state index is -0.0369. The average Bonchev–Trinajstić information content (AvgIpc) is 2.51. The van der Waals surface area contributed by atoms with Crippen LogP contribution < -0.4 is 5.32 Å². The van der Waals surface area contributed by atoms with E-state index in [1.54, 1.807) is 10.9 Å². The maximum atomic E-state index is 11.8. The first-order valence-electron chi connectivity index (χ1n) is 5.72. The molecule has 1 N–H and O–H groups in total. The number of rotatable bonds is 4. The van der Waals surface area contributed by atoms with Crippen LogP contribution >= 0.6 is 11.8 Å². The molecule has 0 saturated heterocycles. The van der Waals surface area contributed by atoms with Gasteiger partial charge in [-0.2, -0.15) is 16.9 Å². The van der Waals surface area contributed by atoms with Gasteiger partial charge in [0.1, 0.15) is 0 Å². The molecule has 4 nitrogen and oxygen atoms in total. The standard InChI is InChI=1S/C12H21N3OS/c1-9-10(8-15(5)14-9)11(16)13-6-7-17-12(2,3)4/h8H,6-7H2,1-5H3,(H,13,16). The number of hydrogen-bond acceptors (Lipinski definition) is 3. The summed E-state index contributed by atoms with van der Waals surface area (Å²) in [6, 6.07) is 0. The summed E-state index contributed by atoms with van der Waals surface area (Å²) < 4.78 is 1.91. The summed E-state index contributed by atoms with van der Waals surface area (Å²) in [7, 11) is 1.82. The van der Waals surface area contributed by atoms with Gasteiger partial charge < -0.3 is 5.32 Å². The third kappa shape index (κ3) is 4.81. The average molecular weight is 255 g/mol. The predicted octanol–water partition coefficient (Wildman–Crippen LogP) is 1.99. The van der Waals surface area contributed by atoms with E-state index in [9.17, 15) is 4.79 Å². The van der Waals surface area contributed by atoms with Crippen LogP contribution in [0.2, 0.25) is 0 Å². The molecule has 0 radical (unpaired) electrons. The monoisotopic (exact) mass is 255 g/mol. The molecule has 0 aliphatic heterocycles. The lowest BCUT2D eigenvalue weighted by Crippen LogP contribution is -2.27. The van der Waals surface area contributed by atoms with Gasteiger partial charge in [-0.25, -0.2) is 0 Å². The largest absolute Gasteiger partial charge is 0.351 e. The number of carbonyl (C=O) groups excluding carboxylic acids is 1. The van der Waals surface area contributed by atoms with Crippen molar-refractivity contribution < 1.29 is 4.79 Å². The van der Waals surface area contributed by atoms with Crippen LogP contribution in [-0.4, -0.2) is 32.7 Å². The lowest BCUT2D eigenvalue weighted by Gasteiger charge is -2.17. The fourth-order valence-electron chi connectivity index (χ4n) is 1.44. The molecule has 1 amide bonds. The van der Waals surface area contributed by atoms with Crippen molar-refractivity contribution in [3.8, 4) is 0 Å². The summed E-state index contributed by atoms with van der Waals surface area (Å²) in [6.45, 7) is 9.05. The third-order valence-electron chi connectivity index (χ3n) is 2.18. The second-order valence-electron chi connectivity index (χ2n) is 5.02. The molecule has 0 aromatic carbocycles. The number of nitrogens with one attached hydrogen (secondary N) is 1. The number of hydrogen-bond donors (Lipinski definition) is 1. The molecule has 5 heteroatoms. The van der Waals surface area contributed by atoms with Crippen LogP contribution in [0, 0.1) is 6.92 Å². The highest BCUT2D eigenvalue weighted by Gasteiger charge is 2.13. The van der Waals surface area contributed by atoms with Crippen molar-refractivity contribution in [1.82, 2.24) is 15.1 Å². The van der Waals surface area contributed by atoms with Crippen molar-refractivity contribution in [2.24, 2.45) is 7.05 Å². The van der Waals surface area contributed by atoms with Gasteiger partial charge in [-0.05, 0) is 6.92 Å². The van der Waals surface area contributed by atoms with Crippen molar-refractivity contribution in [2.45, 2.75) is 32.4 Å². The Kier molecular flexibility index (Phi) is 4.62. The molecule has 0 unspecified atom stereocenters. The van der Waals surface area contributed by atoms with Gasteiger partial charge in [0.25, 0.3) is 5.91 Å². The molecule has 1 rings (SSSR count). The number of aromatic nitrogens is 2. The van der Waals surface area contributed by atoms with Crippen molar-refractivity contribution in [2.75, 3.05) is 12.3 Å². The van der Waals surface area contributed by atoms with Crippen molar-refractivity contribution in [3.63, 3.8) is 0 Å². The molecule has 0 aliphatic rings. The van der Waals surface area contributed by atoms with E-state index >= 15 is 0 Å². The summed E-state index contributed by atoms with van der Waals surface area (Å²) in [5, 5.41) is 7.06. The molecule has 17 heavy (non-hydrogen) atoms. The fraction of sp³-hybridized carbons (Fsp3) is 0.667. The van der Waals surface area contributed by atoms with Crippen LogP contribution in [0.5, 0.6) is 0 Å². The summed E-state index contributed by atoms with van der Waals surface area (Å²) in [5.41, 5.74) is 1.43. The van der Waals surface area contributed by atoms with E-state index in [4.69, 9.17) is 0 Å². The third-order valence-corrected chi connectivity index (χ3v) is 3.46. The number of amides is 1. The van der Waals surface area contributed by atoms with E-state index < -0.39 is 0 Å². The normalized spacial score (nSPS) is 11.6. The zero-order chi connectivity index (χ0) is 13.1. The molecule has 0 aliphatic carbocycles. The van der Waals surface area contributed by atoms with E-state index in [1.807, 2.05) is 25.7 Å². The molecule has 1 aromatic heterocycles. The van der Waals surface area contributed by atoms with Gasteiger partial charge in [-0.15, -0.1) is 0 Å². The maximum Gasteiger partial charge on any atom is 0.254 e. The Labute approximate surface area is 107 Å². The smallest absolute Gasteiger partial charge is 0.254 e. The highest BCUT2D eigenvalue weighted by molar-refractivity contribution is 8.00. The Hall–Kier alpha value is -0.970. The summed E-state index contributed by atoms with van der Waals surface area (Å²) >= 11 is 1.84. The molecule has 0 atom stereocenters. The molecule has 0 spiro atoms. The van der Waals surface area contributed by atoms with Crippen LogP contribution in [0.15, 0.2) is 6.20 Å². The lowest BCUT2D eigenvalue weighted by atomic mass is 10.2. The van der Waals surface area contributed by atoms with Crippen LogP contribution in [0.25, 0.3) is 0 Å². The Balaban J connectivity index is 2.38. The Bertz CT molecular complexity index is 393. The van der Waals surface area contributed by atoms with Crippen molar-refractivity contribution in [1.29, 1.82) is 0 Å².